The van der Waals surface area contributed by atoms with Crippen LogP contribution < -0.4 is 21.3 Å². The zero-order chi connectivity index (χ0) is 32.3. The zero-order valence-corrected chi connectivity index (χ0v) is 25.9. The Hall–Kier alpha value is -4.45. The van der Waals surface area contributed by atoms with Crippen molar-refractivity contribution in [1.29, 1.82) is 0 Å². The summed E-state index contributed by atoms with van der Waals surface area (Å²) in [5, 5.41) is 32.1. The van der Waals surface area contributed by atoms with Crippen molar-refractivity contribution in [2.45, 2.75) is 50.4 Å². The maximum Gasteiger partial charge on any atom is 0.411 e. The lowest BCUT2D eigenvalue weighted by atomic mass is 10.0. The number of amides is 3. The molecule has 46 heavy (non-hydrogen) atoms. The van der Waals surface area contributed by atoms with E-state index in [4.69, 9.17) is 4.74 Å². The number of benzene rings is 3. The molecule has 11 heteroatoms. The van der Waals surface area contributed by atoms with Gasteiger partial charge in [-0.2, -0.15) is 0 Å². The third kappa shape index (κ3) is 9.06. The maximum absolute atomic E-state index is 12.8. The Labute approximate surface area is 269 Å². The van der Waals surface area contributed by atoms with Gasteiger partial charge >= 0.3 is 6.09 Å². The topological polar surface area (TPSA) is 152 Å². The fourth-order valence-electron chi connectivity index (χ4n) is 6.23. The number of carbonyl (C=O) groups excluding carboxylic acids is 3. The van der Waals surface area contributed by atoms with Crippen LogP contribution >= 0.6 is 0 Å². The molecule has 3 aromatic rings. The first-order chi connectivity index (χ1) is 22.4. The number of hydrogen-bond acceptors (Lipinski definition) is 8. The normalized spacial score (nSPS) is 19.2. The summed E-state index contributed by atoms with van der Waals surface area (Å²) in [6, 6.07) is 22.3. The molecule has 5 rings (SSSR count). The molecule has 2 aliphatic rings. The minimum absolute atomic E-state index is 0.0543. The number of nitrogens with zero attached hydrogens (tertiary/aromatic N) is 1. The van der Waals surface area contributed by atoms with E-state index in [1.807, 2.05) is 54.6 Å². The van der Waals surface area contributed by atoms with E-state index in [1.54, 1.807) is 12.1 Å². The maximum atomic E-state index is 12.8. The van der Waals surface area contributed by atoms with Crippen LogP contribution in [0.3, 0.4) is 0 Å². The second-order valence-corrected chi connectivity index (χ2v) is 11.9. The third-order valence-corrected chi connectivity index (χ3v) is 8.81. The first-order valence-corrected chi connectivity index (χ1v) is 16.0. The number of aliphatic hydroxyl groups excluding tert-OH is 1. The van der Waals surface area contributed by atoms with E-state index >= 15 is 0 Å². The highest BCUT2D eigenvalue weighted by Gasteiger charge is 2.30. The van der Waals surface area contributed by atoms with Gasteiger partial charge in [-0.25, -0.2) is 4.79 Å². The quantitative estimate of drug-likeness (QED) is 0.121. The van der Waals surface area contributed by atoms with Crippen molar-refractivity contribution in [3.05, 3.63) is 78.4 Å². The number of phenols is 1. The summed E-state index contributed by atoms with van der Waals surface area (Å²) in [5.41, 5.74) is 3.49. The van der Waals surface area contributed by atoms with E-state index in [-0.39, 0.29) is 35.4 Å². The number of piperidine rings is 1. The number of hydrogen-bond donors (Lipinski definition) is 6. The van der Waals surface area contributed by atoms with E-state index in [0.717, 1.165) is 56.4 Å². The van der Waals surface area contributed by atoms with Crippen LogP contribution in [0.15, 0.2) is 72.8 Å². The lowest BCUT2D eigenvalue weighted by Gasteiger charge is -2.31. The average molecular weight is 630 g/mol. The van der Waals surface area contributed by atoms with Crippen LogP contribution in [0.1, 0.15) is 43.8 Å². The number of phenolic OH excluding ortho intramolecular Hbond substituents is 1. The minimum atomic E-state index is -0.819. The van der Waals surface area contributed by atoms with Crippen molar-refractivity contribution < 1.29 is 29.3 Å². The van der Waals surface area contributed by atoms with E-state index in [0.29, 0.717) is 37.2 Å². The number of carbonyl (C=O) groups is 3. The second kappa shape index (κ2) is 16.2. The monoisotopic (exact) mass is 629 g/mol. The fraction of sp³-hybridized carbons (Fsp3) is 0.400. The Morgan fingerprint density at radius 1 is 0.957 bits per heavy atom. The van der Waals surface area contributed by atoms with Gasteiger partial charge in [0.2, 0.25) is 12.3 Å². The summed E-state index contributed by atoms with van der Waals surface area (Å²) >= 11 is 0. The molecular weight excluding hydrogens is 586 g/mol. The number of anilines is 2. The molecule has 1 saturated carbocycles. The Morgan fingerprint density at radius 3 is 2.50 bits per heavy atom. The summed E-state index contributed by atoms with van der Waals surface area (Å²) in [6.45, 7) is 3.18. The molecule has 0 radical (unpaired) electrons. The smallest absolute Gasteiger partial charge is 0.411 e. The fourth-order valence-corrected chi connectivity index (χ4v) is 6.23. The Kier molecular flexibility index (Phi) is 11.6. The van der Waals surface area contributed by atoms with Crippen LogP contribution in [0, 0.1) is 5.92 Å². The van der Waals surface area contributed by atoms with Gasteiger partial charge in [0.25, 0.3) is 0 Å². The molecule has 0 unspecified atom stereocenters. The third-order valence-electron chi connectivity index (χ3n) is 8.81. The van der Waals surface area contributed by atoms with Crippen LogP contribution in [0.5, 0.6) is 5.75 Å². The molecule has 3 atom stereocenters. The van der Waals surface area contributed by atoms with Gasteiger partial charge < -0.3 is 35.8 Å². The van der Waals surface area contributed by atoms with Crippen molar-refractivity contribution in [3.8, 4) is 16.9 Å². The van der Waals surface area contributed by atoms with Gasteiger partial charge in [0.05, 0.1) is 17.5 Å². The number of aromatic hydroxyl groups is 1. The van der Waals surface area contributed by atoms with Crippen LogP contribution in [0.2, 0.25) is 0 Å². The van der Waals surface area contributed by atoms with Crippen LogP contribution in [-0.2, 0) is 14.3 Å². The van der Waals surface area contributed by atoms with Crippen molar-refractivity contribution in [1.82, 2.24) is 15.5 Å². The summed E-state index contributed by atoms with van der Waals surface area (Å²) < 4.78 is 5.74. The van der Waals surface area contributed by atoms with Gasteiger partial charge in [0.1, 0.15) is 11.9 Å². The largest absolute Gasteiger partial charge is 0.506 e. The van der Waals surface area contributed by atoms with E-state index < -0.39 is 12.2 Å². The molecular formula is C35H43N5O6. The van der Waals surface area contributed by atoms with Gasteiger partial charge in [0.15, 0.2) is 0 Å². The molecule has 6 N–H and O–H groups in total. The molecule has 0 bridgehead atoms. The number of rotatable bonds is 13. The number of nitrogens with one attached hydrogen (secondary N) is 4. The Balaban J connectivity index is 0.964. The van der Waals surface area contributed by atoms with E-state index in [9.17, 15) is 24.6 Å². The van der Waals surface area contributed by atoms with Crippen molar-refractivity contribution in [3.63, 3.8) is 0 Å². The average Bonchev–Trinajstić information content (AvgIpc) is 3.55. The van der Waals surface area contributed by atoms with Gasteiger partial charge in [-0.1, -0.05) is 54.6 Å². The molecule has 3 aromatic carbocycles. The highest BCUT2D eigenvalue weighted by Crippen LogP contribution is 2.30. The Bertz CT molecular complexity index is 1460. The first kappa shape index (κ1) is 32.9. The van der Waals surface area contributed by atoms with Crippen molar-refractivity contribution >= 4 is 29.8 Å². The number of likely N-dealkylation sites (tertiary alicyclic amines) is 1. The van der Waals surface area contributed by atoms with Gasteiger partial charge in [-0.05, 0) is 61.4 Å². The minimum Gasteiger partial charge on any atom is -0.506 e. The molecule has 1 heterocycles. The predicted octanol–water partition coefficient (Wildman–Crippen LogP) is 4.25. The SMILES string of the molecule is O=CNc1cc([C@@H](O)CN[C@H]2CC[C@@H](C(=O)NCCN3CCC(OC(=O)Nc4ccccc4-c4ccccc4)CC3)C2)ccc1O. The molecule has 11 nitrogen and oxygen atoms in total. The summed E-state index contributed by atoms with van der Waals surface area (Å²) in [6.07, 6.45) is 2.86. The number of aliphatic hydroxyl groups is 1. The lowest BCUT2D eigenvalue weighted by molar-refractivity contribution is -0.124. The molecule has 0 aromatic heterocycles. The van der Waals surface area contributed by atoms with Crippen molar-refractivity contribution in [2.75, 3.05) is 43.4 Å². The highest BCUT2D eigenvalue weighted by molar-refractivity contribution is 5.91. The lowest BCUT2D eigenvalue weighted by Crippen LogP contribution is -2.43. The molecule has 3 amide bonds. The van der Waals surface area contributed by atoms with Gasteiger partial charge in [-0.3, -0.25) is 14.9 Å². The van der Waals surface area contributed by atoms with Crippen LogP contribution in [-0.4, -0.2) is 78.4 Å². The predicted molar refractivity (Wildman–Crippen MR) is 176 cm³/mol. The van der Waals surface area contributed by atoms with Gasteiger partial charge in [0, 0.05) is 50.2 Å². The summed E-state index contributed by atoms with van der Waals surface area (Å²) in [7, 11) is 0. The highest BCUT2D eigenvalue weighted by atomic mass is 16.6. The molecule has 2 fully saturated rings. The molecule has 1 aliphatic heterocycles. The number of ether oxygens (including phenoxy) is 1. The van der Waals surface area contributed by atoms with Gasteiger partial charge in [-0.15, -0.1) is 0 Å². The molecule has 0 spiro atoms. The Morgan fingerprint density at radius 2 is 1.72 bits per heavy atom. The number of para-hydroxylation sites is 1. The molecule has 1 saturated heterocycles. The van der Waals surface area contributed by atoms with E-state index in [1.165, 1.54) is 6.07 Å². The van der Waals surface area contributed by atoms with Crippen molar-refractivity contribution in [2.24, 2.45) is 5.92 Å². The van der Waals surface area contributed by atoms with E-state index in [2.05, 4.69) is 26.2 Å². The second-order valence-electron chi connectivity index (χ2n) is 11.9. The standard InChI is InChI=1S/C35H43N5O6/c41-23-38-31-21-25(11-13-32(31)42)33(43)22-37-27-12-10-26(20-27)34(44)36-16-19-40-17-14-28(15-18-40)46-35(45)39-30-9-5-4-8-29(30)24-6-2-1-3-7-24/h1-9,11,13,21,23,26-28,33,37,42-43H,10,12,14-20,22H2,(H,36,44)(H,38,41)(H,39,45)/t26-,27+,33+/m1/s1. The summed E-state index contributed by atoms with van der Waals surface area (Å²) in [4.78, 5) is 38.5. The van der Waals surface area contributed by atoms with Crippen LogP contribution in [0.25, 0.3) is 11.1 Å². The van der Waals surface area contributed by atoms with Crippen LogP contribution in [0.4, 0.5) is 16.2 Å². The zero-order valence-electron chi connectivity index (χ0n) is 25.9. The first-order valence-electron chi connectivity index (χ1n) is 16.0. The molecule has 1 aliphatic carbocycles. The molecule has 244 valence electrons. The summed E-state index contributed by atoms with van der Waals surface area (Å²) in [5.74, 6) is -0.0873.